The van der Waals surface area contributed by atoms with Gasteiger partial charge in [-0.1, -0.05) is 38.8 Å². The fourth-order valence-electron chi connectivity index (χ4n) is 2.07. The zero-order chi connectivity index (χ0) is 17.1. The van der Waals surface area contributed by atoms with E-state index in [1.54, 1.807) is 29.2 Å². The quantitative estimate of drug-likeness (QED) is 0.855. The minimum absolute atomic E-state index is 0.0126. The first-order valence-electron chi connectivity index (χ1n) is 7.27. The van der Waals surface area contributed by atoms with Crippen molar-refractivity contribution in [1.29, 1.82) is 0 Å². The van der Waals surface area contributed by atoms with Crippen LogP contribution in [-0.2, 0) is 28.5 Å². The van der Waals surface area contributed by atoms with E-state index >= 15 is 0 Å². The van der Waals surface area contributed by atoms with Gasteiger partial charge < -0.3 is 0 Å². The maximum atomic E-state index is 12.3. The van der Waals surface area contributed by atoms with Crippen molar-refractivity contribution in [2.45, 2.75) is 44.2 Å². The van der Waals surface area contributed by atoms with Crippen LogP contribution in [0.5, 0.6) is 0 Å². The van der Waals surface area contributed by atoms with E-state index in [4.69, 9.17) is 6.42 Å². The fraction of sp³-hybridized carbons (Fsp3) is 0.353. The monoisotopic (exact) mass is 331 g/mol. The second-order valence-electron chi connectivity index (χ2n) is 6.35. The molecule has 23 heavy (non-hydrogen) atoms. The van der Waals surface area contributed by atoms with Gasteiger partial charge in [0.15, 0.2) is 0 Å². The average molecular weight is 331 g/mol. The number of hydrogen-bond donors (Lipinski definition) is 1. The molecule has 2 aromatic rings. The largest absolute Gasteiger partial charge is 0.260 e. The van der Waals surface area contributed by atoms with Gasteiger partial charge in [-0.3, -0.25) is 4.68 Å². The molecule has 0 aliphatic rings. The molecule has 0 aliphatic heterocycles. The Morgan fingerprint density at radius 1 is 1.26 bits per heavy atom. The van der Waals surface area contributed by atoms with E-state index in [1.165, 1.54) is 0 Å². The van der Waals surface area contributed by atoms with Gasteiger partial charge in [0.05, 0.1) is 11.1 Å². The van der Waals surface area contributed by atoms with Gasteiger partial charge in [-0.15, -0.1) is 6.42 Å². The zero-order valence-corrected chi connectivity index (χ0v) is 14.4. The average Bonchev–Trinajstić information content (AvgIpc) is 2.93. The summed E-state index contributed by atoms with van der Waals surface area (Å²) >= 11 is 0. The van der Waals surface area contributed by atoms with Crippen LogP contribution in [0.2, 0.25) is 0 Å². The van der Waals surface area contributed by atoms with Crippen LogP contribution in [0.15, 0.2) is 41.6 Å². The number of sulfonamides is 1. The van der Waals surface area contributed by atoms with Crippen molar-refractivity contribution in [2.24, 2.45) is 0 Å². The van der Waals surface area contributed by atoms with Crippen molar-refractivity contribution in [1.82, 2.24) is 14.5 Å². The Kier molecular flexibility index (Phi) is 4.93. The zero-order valence-electron chi connectivity index (χ0n) is 13.6. The molecule has 0 aliphatic carbocycles. The lowest BCUT2D eigenvalue weighted by Gasteiger charge is -2.19. The van der Waals surface area contributed by atoms with Crippen molar-refractivity contribution in [3.05, 3.63) is 47.8 Å². The lowest BCUT2D eigenvalue weighted by molar-refractivity contribution is 0.578. The Balaban J connectivity index is 2.08. The molecule has 1 N–H and O–H groups in total. The molecule has 0 unspecified atom stereocenters. The molecule has 1 aromatic heterocycles. The van der Waals surface area contributed by atoms with E-state index in [0.29, 0.717) is 6.54 Å². The first-order valence-corrected chi connectivity index (χ1v) is 8.76. The Hall–Kier alpha value is -2.10. The molecule has 0 radical (unpaired) electrons. The van der Waals surface area contributed by atoms with Crippen molar-refractivity contribution < 1.29 is 8.42 Å². The van der Waals surface area contributed by atoms with E-state index in [1.807, 2.05) is 12.1 Å². The van der Waals surface area contributed by atoms with Gasteiger partial charge in [0, 0.05) is 18.3 Å². The van der Waals surface area contributed by atoms with E-state index in [2.05, 4.69) is 36.5 Å². The smallest absolute Gasteiger partial charge is 0.240 e. The second-order valence-corrected chi connectivity index (χ2v) is 8.12. The number of rotatable bonds is 5. The van der Waals surface area contributed by atoms with E-state index in [-0.39, 0.29) is 16.9 Å². The third-order valence-corrected chi connectivity index (χ3v) is 4.85. The van der Waals surface area contributed by atoms with Crippen LogP contribution in [0.4, 0.5) is 0 Å². The third-order valence-electron chi connectivity index (χ3n) is 3.44. The van der Waals surface area contributed by atoms with Crippen molar-refractivity contribution in [3.8, 4) is 12.3 Å². The van der Waals surface area contributed by atoms with Crippen LogP contribution in [0.1, 0.15) is 31.9 Å². The van der Waals surface area contributed by atoms with Crippen LogP contribution in [0, 0.1) is 12.3 Å². The first kappa shape index (κ1) is 17.3. The van der Waals surface area contributed by atoms with E-state index < -0.39 is 10.0 Å². The van der Waals surface area contributed by atoms with Crippen LogP contribution in [0.25, 0.3) is 0 Å². The molecule has 6 heteroatoms. The summed E-state index contributed by atoms with van der Waals surface area (Å²) in [6.07, 6.45) is 8.54. The Morgan fingerprint density at radius 3 is 2.48 bits per heavy atom. The Labute approximate surface area is 137 Å². The van der Waals surface area contributed by atoms with Crippen LogP contribution in [-0.4, -0.2) is 18.2 Å². The molecule has 0 atom stereocenters. The normalized spacial score (nSPS) is 12.1. The number of nitrogens with one attached hydrogen (secondary N) is 1. The van der Waals surface area contributed by atoms with Crippen LogP contribution in [0.3, 0.4) is 0 Å². The lowest BCUT2D eigenvalue weighted by Crippen LogP contribution is -2.23. The van der Waals surface area contributed by atoms with E-state index in [0.717, 1.165) is 11.1 Å². The molecule has 0 amide bonds. The summed E-state index contributed by atoms with van der Waals surface area (Å²) in [7, 11) is -3.55. The topological polar surface area (TPSA) is 64.0 Å². The molecular formula is C17H21N3O2S. The van der Waals surface area contributed by atoms with Gasteiger partial charge in [-0.25, -0.2) is 13.1 Å². The van der Waals surface area contributed by atoms with Gasteiger partial charge >= 0.3 is 0 Å². The minimum Gasteiger partial charge on any atom is -0.260 e. The standard InChI is InChI=1S/C17H21N3O2S/c1-5-10-20-13-14(11-18-20)12-19-23(21,22)16-8-6-15(7-9-16)17(2,3)4/h1,6-9,11,13,19H,10,12H2,2-4H3. The van der Waals surface area contributed by atoms with Crippen LogP contribution >= 0.6 is 0 Å². The summed E-state index contributed by atoms with van der Waals surface area (Å²) in [6.45, 7) is 6.79. The highest BCUT2D eigenvalue weighted by molar-refractivity contribution is 7.89. The summed E-state index contributed by atoms with van der Waals surface area (Å²) < 4.78 is 28.8. The SMILES string of the molecule is C#CCn1cc(CNS(=O)(=O)c2ccc(C(C)(C)C)cc2)cn1. The number of aromatic nitrogens is 2. The minimum atomic E-state index is -3.55. The number of nitrogens with zero attached hydrogens (tertiary/aromatic N) is 2. The summed E-state index contributed by atoms with van der Waals surface area (Å²) in [4.78, 5) is 0.251. The van der Waals surface area contributed by atoms with Gasteiger partial charge in [0.25, 0.3) is 0 Å². The number of hydrogen-bond acceptors (Lipinski definition) is 3. The molecule has 2 rings (SSSR count). The molecule has 122 valence electrons. The van der Waals surface area contributed by atoms with E-state index in [9.17, 15) is 8.42 Å². The lowest BCUT2D eigenvalue weighted by atomic mass is 9.87. The highest BCUT2D eigenvalue weighted by atomic mass is 32.2. The predicted molar refractivity (Wildman–Crippen MR) is 90.2 cm³/mol. The summed E-state index contributed by atoms with van der Waals surface area (Å²) in [5.74, 6) is 2.47. The molecule has 5 nitrogen and oxygen atoms in total. The summed E-state index contributed by atoms with van der Waals surface area (Å²) in [6, 6.07) is 6.95. The molecule has 1 heterocycles. The molecule has 0 saturated carbocycles. The van der Waals surface area contributed by atoms with Crippen molar-refractivity contribution in [2.75, 3.05) is 0 Å². The fourth-order valence-corrected chi connectivity index (χ4v) is 3.09. The molecule has 0 spiro atoms. The maximum Gasteiger partial charge on any atom is 0.240 e. The van der Waals surface area contributed by atoms with Gasteiger partial charge in [-0.05, 0) is 23.1 Å². The van der Waals surface area contributed by atoms with Crippen LogP contribution < -0.4 is 4.72 Å². The Morgan fingerprint density at radius 2 is 1.91 bits per heavy atom. The maximum absolute atomic E-state index is 12.3. The molecule has 0 bridgehead atoms. The number of terminal acetylenes is 1. The van der Waals surface area contributed by atoms with Crippen molar-refractivity contribution >= 4 is 10.0 Å². The van der Waals surface area contributed by atoms with Gasteiger partial charge in [0.2, 0.25) is 10.0 Å². The van der Waals surface area contributed by atoms with Crippen molar-refractivity contribution in [3.63, 3.8) is 0 Å². The highest BCUT2D eigenvalue weighted by Crippen LogP contribution is 2.23. The van der Waals surface area contributed by atoms with Gasteiger partial charge in [0.1, 0.15) is 6.54 Å². The number of benzene rings is 1. The molecule has 1 aromatic carbocycles. The van der Waals surface area contributed by atoms with Gasteiger partial charge in [-0.2, -0.15) is 5.10 Å². The molecule has 0 saturated heterocycles. The molecule has 0 fully saturated rings. The second kappa shape index (κ2) is 6.57. The Bertz CT molecular complexity index is 807. The highest BCUT2D eigenvalue weighted by Gasteiger charge is 2.17. The summed E-state index contributed by atoms with van der Waals surface area (Å²) in [5, 5.41) is 4.06. The first-order chi connectivity index (χ1) is 10.7. The molecular weight excluding hydrogens is 310 g/mol. The predicted octanol–water partition coefficient (Wildman–Crippen LogP) is 2.29. The third kappa shape index (κ3) is 4.44. The summed E-state index contributed by atoms with van der Waals surface area (Å²) in [5.41, 5.74) is 1.84.